The molecule has 1 fully saturated rings. The number of nitrogens with one attached hydrogen (secondary N) is 1. The van der Waals surface area contributed by atoms with Crippen LogP contribution in [0.2, 0.25) is 0 Å². The van der Waals surface area contributed by atoms with Crippen LogP contribution in [0.1, 0.15) is 24.9 Å². The van der Waals surface area contributed by atoms with Gasteiger partial charge in [-0.15, -0.1) is 0 Å². The van der Waals surface area contributed by atoms with Crippen LogP contribution < -0.4 is 5.32 Å². The minimum atomic E-state index is 0.405. The van der Waals surface area contributed by atoms with Crippen molar-refractivity contribution in [2.45, 2.75) is 25.9 Å². The Bertz CT molecular complexity index is 900. The Labute approximate surface area is 164 Å². The average molecular weight is 378 g/mol. The van der Waals surface area contributed by atoms with Crippen LogP contribution >= 0.6 is 0 Å². The summed E-state index contributed by atoms with van der Waals surface area (Å²) in [5, 5.41) is 7.75. The van der Waals surface area contributed by atoms with E-state index in [1.165, 1.54) is 0 Å². The lowest BCUT2D eigenvalue weighted by molar-refractivity contribution is 0.189. The molecule has 1 N–H and O–H groups in total. The van der Waals surface area contributed by atoms with E-state index in [1.807, 2.05) is 50.2 Å². The lowest BCUT2D eigenvalue weighted by Crippen LogP contribution is -2.48. The van der Waals surface area contributed by atoms with E-state index in [2.05, 4.69) is 48.0 Å². The standard InChI is InChI=1S/C20H26N8/c1-16-5-10-26(14-18(16)27-11-8-22-15-27)20(21-2)24-13-17-4-7-23-19(12-17)28-9-3-6-25-28/h3-4,6-9,11-12,15-16,18H,5,10,13-14H2,1-2H3,(H,21,24). The Morgan fingerprint density at radius 3 is 2.96 bits per heavy atom. The molecule has 2 atom stereocenters. The Morgan fingerprint density at radius 1 is 1.29 bits per heavy atom. The van der Waals surface area contributed by atoms with Gasteiger partial charge < -0.3 is 14.8 Å². The highest BCUT2D eigenvalue weighted by Gasteiger charge is 2.28. The van der Waals surface area contributed by atoms with Crippen LogP contribution in [0.4, 0.5) is 0 Å². The molecule has 0 aromatic carbocycles. The molecule has 0 spiro atoms. The summed E-state index contributed by atoms with van der Waals surface area (Å²) in [6.45, 7) is 4.92. The van der Waals surface area contributed by atoms with E-state index in [4.69, 9.17) is 0 Å². The van der Waals surface area contributed by atoms with Gasteiger partial charge in [-0.2, -0.15) is 5.10 Å². The fourth-order valence-corrected chi connectivity index (χ4v) is 3.71. The summed E-state index contributed by atoms with van der Waals surface area (Å²) in [6, 6.07) is 6.35. The fraction of sp³-hybridized carbons (Fsp3) is 0.400. The normalized spacial score (nSPS) is 20.4. The van der Waals surface area contributed by atoms with Crippen molar-refractivity contribution >= 4 is 5.96 Å². The second kappa shape index (κ2) is 8.24. The predicted octanol–water partition coefficient (Wildman–Crippen LogP) is 2.12. The summed E-state index contributed by atoms with van der Waals surface area (Å²) in [5.41, 5.74) is 1.14. The lowest BCUT2D eigenvalue weighted by Gasteiger charge is -2.39. The second-order valence-electron chi connectivity index (χ2n) is 7.16. The predicted molar refractivity (Wildman–Crippen MR) is 108 cm³/mol. The first-order valence-electron chi connectivity index (χ1n) is 9.62. The molecule has 0 aliphatic carbocycles. The van der Waals surface area contributed by atoms with Crippen molar-refractivity contribution in [1.82, 2.24) is 34.5 Å². The lowest BCUT2D eigenvalue weighted by atomic mass is 9.93. The number of piperidine rings is 1. The number of hydrogen-bond donors (Lipinski definition) is 1. The van der Waals surface area contributed by atoms with Gasteiger partial charge in [0.1, 0.15) is 0 Å². The Kier molecular flexibility index (Phi) is 5.36. The second-order valence-corrected chi connectivity index (χ2v) is 7.16. The summed E-state index contributed by atoms with van der Waals surface area (Å²) in [7, 11) is 1.84. The van der Waals surface area contributed by atoms with E-state index in [0.717, 1.165) is 36.9 Å². The zero-order valence-corrected chi connectivity index (χ0v) is 16.3. The highest BCUT2D eigenvalue weighted by atomic mass is 15.3. The minimum Gasteiger partial charge on any atom is -0.352 e. The third-order valence-electron chi connectivity index (χ3n) is 5.34. The summed E-state index contributed by atoms with van der Waals surface area (Å²) < 4.78 is 3.98. The van der Waals surface area contributed by atoms with E-state index in [1.54, 1.807) is 10.9 Å². The van der Waals surface area contributed by atoms with Crippen LogP contribution in [0, 0.1) is 5.92 Å². The van der Waals surface area contributed by atoms with Crippen molar-refractivity contribution in [3.63, 3.8) is 0 Å². The molecule has 8 heteroatoms. The van der Waals surface area contributed by atoms with E-state index < -0.39 is 0 Å². The molecule has 8 nitrogen and oxygen atoms in total. The van der Waals surface area contributed by atoms with Crippen molar-refractivity contribution in [3.05, 3.63) is 61.1 Å². The molecule has 2 unspecified atom stereocenters. The summed E-state index contributed by atoms with van der Waals surface area (Å²) >= 11 is 0. The first kappa shape index (κ1) is 18.2. The number of imidazole rings is 1. The number of aliphatic imine (C=N–C) groups is 1. The quantitative estimate of drug-likeness (QED) is 0.556. The molecule has 1 saturated heterocycles. The molecule has 0 saturated carbocycles. The number of rotatable bonds is 4. The first-order valence-corrected chi connectivity index (χ1v) is 9.62. The van der Waals surface area contributed by atoms with Crippen LogP contribution in [0.15, 0.2) is 60.5 Å². The average Bonchev–Trinajstić information content (AvgIpc) is 3.44. The molecule has 1 aliphatic rings. The van der Waals surface area contributed by atoms with Crippen LogP contribution in [0.3, 0.4) is 0 Å². The fourth-order valence-electron chi connectivity index (χ4n) is 3.71. The van der Waals surface area contributed by atoms with Gasteiger partial charge in [-0.25, -0.2) is 14.6 Å². The maximum absolute atomic E-state index is 4.51. The third kappa shape index (κ3) is 3.90. The highest BCUT2D eigenvalue weighted by Crippen LogP contribution is 2.27. The number of guanidine groups is 1. The van der Waals surface area contributed by atoms with Gasteiger partial charge in [0.2, 0.25) is 0 Å². The van der Waals surface area contributed by atoms with Gasteiger partial charge in [0.05, 0.1) is 12.4 Å². The molecule has 146 valence electrons. The van der Waals surface area contributed by atoms with Crippen molar-refractivity contribution < 1.29 is 0 Å². The highest BCUT2D eigenvalue weighted by molar-refractivity contribution is 5.80. The van der Waals surface area contributed by atoms with Gasteiger partial charge in [0.15, 0.2) is 11.8 Å². The number of pyridine rings is 1. The van der Waals surface area contributed by atoms with Gasteiger partial charge in [-0.05, 0) is 36.1 Å². The maximum Gasteiger partial charge on any atom is 0.193 e. The van der Waals surface area contributed by atoms with Crippen molar-refractivity contribution in [2.24, 2.45) is 10.9 Å². The minimum absolute atomic E-state index is 0.405. The molecule has 4 heterocycles. The SMILES string of the molecule is CN=C(NCc1ccnc(-n2cccn2)c1)N1CCC(C)C(n2ccnc2)C1. The van der Waals surface area contributed by atoms with Crippen LogP contribution in [0.5, 0.6) is 0 Å². The monoisotopic (exact) mass is 378 g/mol. The van der Waals surface area contributed by atoms with Crippen molar-refractivity contribution in [2.75, 3.05) is 20.1 Å². The smallest absolute Gasteiger partial charge is 0.193 e. The summed E-state index contributed by atoms with van der Waals surface area (Å²) in [4.78, 5) is 15.4. The van der Waals surface area contributed by atoms with Gasteiger partial charge in [-0.1, -0.05) is 6.92 Å². The van der Waals surface area contributed by atoms with Gasteiger partial charge in [0.25, 0.3) is 0 Å². The molecule has 3 aromatic heterocycles. The summed E-state index contributed by atoms with van der Waals surface area (Å²) in [5.74, 6) is 2.35. The number of nitrogens with zero attached hydrogens (tertiary/aromatic N) is 7. The molecular weight excluding hydrogens is 352 g/mol. The van der Waals surface area contributed by atoms with E-state index in [-0.39, 0.29) is 0 Å². The molecule has 3 aromatic rings. The molecule has 0 amide bonds. The van der Waals surface area contributed by atoms with Gasteiger partial charge >= 0.3 is 0 Å². The zero-order valence-electron chi connectivity index (χ0n) is 16.3. The molecule has 0 bridgehead atoms. The van der Waals surface area contributed by atoms with Crippen LogP contribution in [-0.4, -0.2) is 55.3 Å². The van der Waals surface area contributed by atoms with E-state index in [0.29, 0.717) is 18.5 Å². The molecule has 28 heavy (non-hydrogen) atoms. The maximum atomic E-state index is 4.51. The van der Waals surface area contributed by atoms with Crippen LogP contribution in [0.25, 0.3) is 5.82 Å². The van der Waals surface area contributed by atoms with Gasteiger partial charge in [-0.3, -0.25) is 4.99 Å². The number of aromatic nitrogens is 5. The Morgan fingerprint density at radius 2 is 2.21 bits per heavy atom. The molecule has 0 radical (unpaired) electrons. The molecule has 4 rings (SSSR count). The molecular formula is C20H26N8. The third-order valence-corrected chi connectivity index (χ3v) is 5.34. The first-order chi connectivity index (χ1) is 13.7. The van der Waals surface area contributed by atoms with Crippen LogP contribution in [-0.2, 0) is 6.54 Å². The van der Waals surface area contributed by atoms with Crippen molar-refractivity contribution in [1.29, 1.82) is 0 Å². The zero-order chi connectivity index (χ0) is 19.3. The summed E-state index contributed by atoms with van der Waals surface area (Å²) in [6.07, 6.45) is 12.4. The Balaban J connectivity index is 1.42. The largest absolute Gasteiger partial charge is 0.352 e. The number of likely N-dealkylation sites (tertiary alicyclic amines) is 1. The van der Waals surface area contributed by atoms with E-state index in [9.17, 15) is 0 Å². The topological polar surface area (TPSA) is 76.2 Å². The van der Waals surface area contributed by atoms with E-state index >= 15 is 0 Å². The Hall–Kier alpha value is -3.16. The van der Waals surface area contributed by atoms with Crippen molar-refractivity contribution in [3.8, 4) is 5.82 Å². The molecule has 1 aliphatic heterocycles. The van der Waals surface area contributed by atoms with Gasteiger partial charge in [0, 0.05) is 57.7 Å². The number of hydrogen-bond acceptors (Lipinski definition) is 4.